The topological polar surface area (TPSA) is 40.5 Å². The highest BCUT2D eigenvalue weighted by atomic mass is 16.3. The number of anilines is 1. The maximum atomic E-state index is 12.6. The number of benzene rings is 2. The van der Waals surface area contributed by atoms with Gasteiger partial charge >= 0.3 is 0 Å². The van der Waals surface area contributed by atoms with Crippen LogP contribution in [0, 0.1) is 19.3 Å². The number of hydrogen-bond acceptors (Lipinski definition) is 2. The number of aliphatic hydroxyl groups excluding tert-OH is 1. The number of carbonyl (C=O) groups excluding carboxylic acids is 1. The highest BCUT2D eigenvalue weighted by Crippen LogP contribution is 2.37. The van der Waals surface area contributed by atoms with Crippen LogP contribution in [0.25, 0.3) is 0 Å². The molecular weight excluding hydrogens is 322 g/mol. The van der Waals surface area contributed by atoms with Crippen molar-refractivity contribution in [2.75, 3.05) is 18.1 Å². The van der Waals surface area contributed by atoms with E-state index >= 15 is 0 Å². The van der Waals surface area contributed by atoms with Gasteiger partial charge in [-0.3, -0.25) is 4.79 Å². The van der Waals surface area contributed by atoms with E-state index in [1.807, 2.05) is 55.1 Å². The molecule has 0 radical (unpaired) electrons. The molecule has 136 valence electrons. The summed E-state index contributed by atoms with van der Waals surface area (Å²) in [6.07, 6.45) is 6.23. The molecule has 1 aliphatic heterocycles. The normalized spacial score (nSPS) is 20.7. The molecule has 1 atom stereocenters. The number of aliphatic hydroxyl groups is 1. The summed E-state index contributed by atoms with van der Waals surface area (Å²) in [6.45, 7) is 4.65. The van der Waals surface area contributed by atoms with Crippen LogP contribution < -0.4 is 4.90 Å². The van der Waals surface area contributed by atoms with Gasteiger partial charge in [-0.25, -0.2) is 0 Å². The molecule has 2 aromatic carbocycles. The number of hydrogen-bond donors (Lipinski definition) is 1. The van der Waals surface area contributed by atoms with E-state index in [1.165, 1.54) is 5.56 Å². The largest absolute Gasteiger partial charge is 0.395 e. The van der Waals surface area contributed by atoms with Crippen LogP contribution in [0.5, 0.6) is 0 Å². The van der Waals surface area contributed by atoms with E-state index in [0.29, 0.717) is 19.4 Å². The van der Waals surface area contributed by atoms with E-state index in [2.05, 4.69) is 24.3 Å². The second kappa shape index (κ2) is 7.88. The molecule has 1 aliphatic rings. The summed E-state index contributed by atoms with van der Waals surface area (Å²) >= 11 is 0. The maximum absolute atomic E-state index is 12.6. The van der Waals surface area contributed by atoms with Crippen molar-refractivity contribution >= 4 is 11.6 Å². The molecule has 1 saturated heterocycles. The first-order valence-corrected chi connectivity index (χ1v) is 9.24. The number of nitrogens with zero attached hydrogens (tertiary/aromatic N) is 1. The third kappa shape index (κ3) is 3.88. The Morgan fingerprint density at radius 2 is 1.77 bits per heavy atom. The molecule has 3 nitrogen and oxygen atoms in total. The lowest BCUT2D eigenvalue weighted by Gasteiger charge is -2.41. The zero-order chi connectivity index (χ0) is 18.6. The first-order valence-electron chi connectivity index (χ1n) is 9.24. The highest BCUT2D eigenvalue weighted by Gasteiger charge is 2.37. The first-order chi connectivity index (χ1) is 12.5. The smallest absolute Gasteiger partial charge is 0.227 e. The SMILES string of the molecule is Cc1cccc(C)c1N1CC(/C=C/Cc2ccccc2)(CO)CCC1=O. The number of para-hydroxylation sites is 1. The van der Waals surface area contributed by atoms with Gasteiger partial charge in [0.2, 0.25) is 5.91 Å². The summed E-state index contributed by atoms with van der Waals surface area (Å²) in [7, 11) is 0. The number of amides is 1. The molecule has 1 unspecified atom stereocenters. The van der Waals surface area contributed by atoms with Gasteiger partial charge in [-0.15, -0.1) is 0 Å². The van der Waals surface area contributed by atoms with Gasteiger partial charge in [-0.1, -0.05) is 60.7 Å². The molecule has 3 heteroatoms. The fourth-order valence-electron chi connectivity index (χ4n) is 3.79. The van der Waals surface area contributed by atoms with Gasteiger partial charge in [-0.05, 0) is 43.4 Å². The van der Waals surface area contributed by atoms with Crippen LogP contribution in [-0.2, 0) is 11.2 Å². The van der Waals surface area contributed by atoms with Crippen molar-refractivity contribution < 1.29 is 9.90 Å². The second-order valence-electron chi connectivity index (χ2n) is 7.33. The minimum Gasteiger partial charge on any atom is -0.395 e. The predicted octanol–water partition coefficient (Wildman–Crippen LogP) is 4.21. The Labute approximate surface area is 156 Å². The molecule has 1 fully saturated rings. The summed E-state index contributed by atoms with van der Waals surface area (Å²) in [5, 5.41) is 10.1. The summed E-state index contributed by atoms with van der Waals surface area (Å²) < 4.78 is 0. The van der Waals surface area contributed by atoms with E-state index < -0.39 is 0 Å². The molecule has 0 bridgehead atoms. The maximum Gasteiger partial charge on any atom is 0.227 e. The summed E-state index contributed by atoms with van der Waals surface area (Å²) in [5.41, 5.74) is 4.06. The van der Waals surface area contributed by atoms with Crippen LogP contribution in [0.1, 0.15) is 29.5 Å². The van der Waals surface area contributed by atoms with Crippen LogP contribution in [0.3, 0.4) is 0 Å². The van der Waals surface area contributed by atoms with E-state index in [0.717, 1.165) is 23.2 Å². The average molecular weight is 349 g/mol. The molecule has 0 aliphatic carbocycles. The standard InChI is InChI=1S/C23H27NO2/c1-18-8-6-9-19(2)22(18)24-16-23(17-25,15-13-21(24)26)14-7-12-20-10-4-3-5-11-20/h3-11,14,25H,12-13,15-17H2,1-2H3/b14-7+. The van der Waals surface area contributed by atoms with Crippen molar-refractivity contribution in [2.24, 2.45) is 5.41 Å². The van der Waals surface area contributed by atoms with E-state index in [1.54, 1.807) is 0 Å². The van der Waals surface area contributed by atoms with Gasteiger partial charge < -0.3 is 10.0 Å². The molecule has 26 heavy (non-hydrogen) atoms. The first kappa shape index (κ1) is 18.4. The van der Waals surface area contributed by atoms with Crippen LogP contribution >= 0.6 is 0 Å². The molecular formula is C23H27NO2. The van der Waals surface area contributed by atoms with E-state index in [4.69, 9.17) is 0 Å². The summed E-state index contributed by atoms with van der Waals surface area (Å²) in [4.78, 5) is 14.5. The molecule has 1 N–H and O–H groups in total. The van der Waals surface area contributed by atoms with Crippen molar-refractivity contribution in [2.45, 2.75) is 33.1 Å². The second-order valence-corrected chi connectivity index (χ2v) is 7.33. The van der Waals surface area contributed by atoms with Crippen molar-refractivity contribution in [3.05, 3.63) is 77.4 Å². The molecule has 3 rings (SSSR count). The minimum atomic E-state index is -0.378. The van der Waals surface area contributed by atoms with Crippen LogP contribution in [-0.4, -0.2) is 24.2 Å². The number of allylic oxidation sites excluding steroid dienone is 1. The lowest BCUT2D eigenvalue weighted by molar-refractivity contribution is -0.121. The lowest BCUT2D eigenvalue weighted by Crippen LogP contribution is -2.48. The third-order valence-electron chi connectivity index (χ3n) is 5.30. The Morgan fingerprint density at radius 3 is 2.42 bits per heavy atom. The van der Waals surface area contributed by atoms with E-state index in [9.17, 15) is 9.90 Å². The predicted molar refractivity (Wildman–Crippen MR) is 106 cm³/mol. The number of piperidine rings is 1. The Bertz CT molecular complexity index is 777. The van der Waals surface area contributed by atoms with Gasteiger partial charge in [0.1, 0.15) is 0 Å². The summed E-state index contributed by atoms with van der Waals surface area (Å²) in [6, 6.07) is 16.4. The Kier molecular flexibility index (Phi) is 5.58. The Hall–Kier alpha value is -2.39. The Balaban J connectivity index is 1.83. The van der Waals surface area contributed by atoms with Crippen molar-refractivity contribution in [1.82, 2.24) is 0 Å². The van der Waals surface area contributed by atoms with E-state index in [-0.39, 0.29) is 17.9 Å². The fourth-order valence-corrected chi connectivity index (χ4v) is 3.79. The molecule has 0 spiro atoms. The van der Waals surface area contributed by atoms with Gasteiger partial charge in [0.15, 0.2) is 0 Å². The molecule has 1 heterocycles. The van der Waals surface area contributed by atoms with Crippen LogP contribution in [0.15, 0.2) is 60.7 Å². The van der Waals surface area contributed by atoms with Crippen LogP contribution in [0.2, 0.25) is 0 Å². The zero-order valence-corrected chi connectivity index (χ0v) is 15.6. The molecule has 2 aromatic rings. The van der Waals surface area contributed by atoms with Gasteiger partial charge in [0.05, 0.1) is 6.61 Å². The molecule has 0 aromatic heterocycles. The van der Waals surface area contributed by atoms with Gasteiger partial charge in [0.25, 0.3) is 0 Å². The lowest BCUT2D eigenvalue weighted by atomic mass is 9.79. The molecule has 0 saturated carbocycles. The van der Waals surface area contributed by atoms with Crippen LogP contribution in [0.4, 0.5) is 5.69 Å². The highest BCUT2D eigenvalue weighted by molar-refractivity contribution is 5.96. The van der Waals surface area contributed by atoms with Gasteiger partial charge in [0, 0.05) is 24.1 Å². The number of carbonyl (C=O) groups is 1. The zero-order valence-electron chi connectivity index (χ0n) is 15.6. The summed E-state index contributed by atoms with van der Waals surface area (Å²) in [5.74, 6) is 0.142. The Morgan fingerprint density at radius 1 is 1.08 bits per heavy atom. The minimum absolute atomic E-state index is 0.0486. The average Bonchev–Trinajstić information content (AvgIpc) is 2.65. The van der Waals surface area contributed by atoms with Gasteiger partial charge in [-0.2, -0.15) is 0 Å². The van der Waals surface area contributed by atoms with Crippen molar-refractivity contribution in [1.29, 1.82) is 0 Å². The van der Waals surface area contributed by atoms with Crippen molar-refractivity contribution in [3.8, 4) is 0 Å². The fraction of sp³-hybridized carbons (Fsp3) is 0.348. The number of rotatable bonds is 5. The quantitative estimate of drug-likeness (QED) is 0.822. The molecule has 1 amide bonds. The third-order valence-corrected chi connectivity index (χ3v) is 5.30. The monoisotopic (exact) mass is 349 g/mol. The number of aryl methyl sites for hydroxylation is 2. The van der Waals surface area contributed by atoms with Crippen molar-refractivity contribution in [3.63, 3.8) is 0 Å².